The van der Waals surface area contributed by atoms with E-state index in [0.717, 1.165) is 0 Å². The first-order valence-corrected chi connectivity index (χ1v) is 13.3. The topological polar surface area (TPSA) is 114 Å². The fourth-order valence-corrected chi connectivity index (χ4v) is 6.84. The Hall–Kier alpha value is -2.33. The van der Waals surface area contributed by atoms with Crippen molar-refractivity contribution in [3.05, 3.63) is 58.6 Å². The van der Waals surface area contributed by atoms with Crippen LogP contribution in [0.2, 0.25) is 18.1 Å². The highest BCUT2D eigenvalue weighted by Crippen LogP contribution is 2.51. The van der Waals surface area contributed by atoms with E-state index in [2.05, 4.69) is 44.2 Å². The van der Waals surface area contributed by atoms with Crippen molar-refractivity contribution in [2.75, 3.05) is 11.9 Å². The van der Waals surface area contributed by atoms with Crippen LogP contribution in [0.1, 0.15) is 43.8 Å². The second-order valence-electron chi connectivity index (χ2n) is 9.59. The summed E-state index contributed by atoms with van der Waals surface area (Å²) in [5, 5.41) is 22.8. The van der Waals surface area contributed by atoms with Crippen LogP contribution < -0.4 is 11.0 Å². The summed E-state index contributed by atoms with van der Waals surface area (Å²) in [5.41, 5.74) is -0.148. The second-order valence-corrected chi connectivity index (χ2v) is 15.2. The van der Waals surface area contributed by atoms with E-state index < -0.39 is 31.3 Å². The molecular weight excluding hydrogens is 414 g/mol. The molecule has 9 heteroatoms. The number of hydrogen-bond donors (Lipinski definition) is 3. The van der Waals surface area contributed by atoms with Crippen molar-refractivity contribution in [3.63, 3.8) is 0 Å². The van der Waals surface area contributed by atoms with Crippen LogP contribution in [0.5, 0.6) is 0 Å². The van der Waals surface area contributed by atoms with Crippen molar-refractivity contribution in [1.82, 2.24) is 9.55 Å². The second kappa shape index (κ2) is 8.31. The Balaban J connectivity index is 1.84. The van der Waals surface area contributed by atoms with Crippen LogP contribution in [-0.4, -0.2) is 51.7 Å². The van der Waals surface area contributed by atoms with Gasteiger partial charge in [-0.1, -0.05) is 52.1 Å². The summed E-state index contributed by atoms with van der Waals surface area (Å²) in [6.45, 7) is 10.0. The minimum atomic E-state index is -2.36. The molecule has 1 saturated heterocycles. The lowest BCUT2D eigenvalue weighted by Gasteiger charge is -2.49. The van der Waals surface area contributed by atoms with Gasteiger partial charge < -0.3 is 20.3 Å². The maximum Gasteiger partial charge on any atom is 0.351 e. The molecule has 3 atom stereocenters. The predicted octanol–water partition coefficient (Wildman–Crippen LogP) is 2.55. The highest BCUT2D eigenvalue weighted by Gasteiger charge is 2.61. The van der Waals surface area contributed by atoms with Gasteiger partial charge in [0.1, 0.15) is 18.1 Å². The fraction of sp³-hybridized carbons (Fsp3) is 0.500. The number of aliphatic hydroxyl groups excluding tert-OH is 1. The molecule has 3 N–H and O–H groups in total. The van der Waals surface area contributed by atoms with Crippen LogP contribution in [0, 0.1) is 0 Å². The lowest BCUT2D eigenvalue weighted by atomic mass is 10.1. The van der Waals surface area contributed by atoms with Crippen molar-refractivity contribution < 1.29 is 19.7 Å². The molecule has 168 valence electrons. The fourth-order valence-electron chi connectivity index (χ4n) is 3.89. The van der Waals surface area contributed by atoms with Crippen LogP contribution in [0.3, 0.4) is 0 Å². The average Bonchev–Trinajstić information content (AvgIpc) is 3.06. The van der Waals surface area contributed by atoms with E-state index in [4.69, 9.17) is 4.74 Å². The molecular formula is C22H31N3O5Si. The number of nitrogens with zero attached hydrogens (tertiary/aromatic N) is 2. The van der Waals surface area contributed by atoms with Crippen LogP contribution in [0.15, 0.2) is 47.4 Å². The van der Waals surface area contributed by atoms with Gasteiger partial charge in [0.2, 0.25) is 0 Å². The number of anilines is 1. The minimum Gasteiger partial charge on any atom is -0.394 e. The largest absolute Gasteiger partial charge is 0.394 e. The maximum atomic E-state index is 12.7. The third kappa shape index (κ3) is 4.23. The summed E-state index contributed by atoms with van der Waals surface area (Å²) in [6, 6.07) is 10.2. The minimum absolute atomic E-state index is 0.131. The zero-order valence-electron chi connectivity index (χ0n) is 18.6. The molecule has 31 heavy (non-hydrogen) atoms. The quantitative estimate of drug-likeness (QED) is 0.610. The average molecular weight is 446 g/mol. The molecule has 1 aliphatic rings. The van der Waals surface area contributed by atoms with E-state index in [9.17, 15) is 19.8 Å². The molecule has 3 rings (SSSR count). The molecule has 0 radical (unpaired) electrons. The van der Waals surface area contributed by atoms with Crippen LogP contribution in [-0.2, 0) is 4.74 Å². The van der Waals surface area contributed by atoms with Crippen molar-refractivity contribution in [3.8, 4) is 0 Å². The smallest absolute Gasteiger partial charge is 0.351 e. The highest BCUT2D eigenvalue weighted by atomic mass is 28.3. The van der Waals surface area contributed by atoms with Gasteiger partial charge in [-0.2, -0.15) is 4.98 Å². The summed E-state index contributed by atoms with van der Waals surface area (Å²) in [5.74, 6) is -0.235. The van der Waals surface area contributed by atoms with E-state index in [1.165, 1.54) is 16.8 Å². The van der Waals surface area contributed by atoms with E-state index in [-0.39, 0.29) is 29.8 Å². The van der Waals surface area contributed by atoms with E-state index in [1.54, 1.807) is 24.3 Å². The normalized spacial score (nSPS) is 24.2. The standard InChI is InChI=1S/C22H31N3O5Si/c1-21(2,3)31(4,5)22(29)13-18(30-16(22)14-26)25-12-11-17(24-20(25)28)23-19(27)15-9-7-6-8-10-15/h6-12,16,18,26,29H,13-14H2,1-5H3,(H,23,24,27,28)/t16-,18-,22-/m1/s1. The zero-order chi connectivity index (χ0) is 23.0. The monoisotopic (exact) mass is 445 g/mol. The molecule has 2 heterocycles. The predicted molar refractivity (Wildman–Crippen MR) is 121 cm³/mol. The lowest BCUT2D eigenvalue weighted by molar-refractivity contribution is -0.0596. The molecule has 1 aromatic heterocycles. The number of benzene rings is 1. The van der Waals surface area contributed by atoms with Crippen LogP contribution >= 0.6 is 0 Å². The number of hydrogen-bond acceptors (Lipinski definition) is 6. The van der Waals surface area contributed by atoms with Gasteiger partial charge in [-0.05, 0) is 23.2 Å². The third-order valence-corrected chi connectivity index (χ3v) is 13.3. The van der Waals surface area contributed by atoms with Crippen molar-refractivity contribution in [2.24, 2.45) is 0 Å². The zero-order valence-corrected chi connectivity index (χ0v) is 19.6. The molecule has 1 aliphatic heterocycles. The molecule has 0 bridgehead atoms. The number of ether oxygens (including phenoxy) is 1. The van der Waals surface area contributed by atoms with E-state index in [1.807, 2.05) is 6.07 Å². The Morgan fingerprint density at radius 2 is 1.94 bits per heavy atom. The first kappa shape index (κ1) is 23.3. The van der Waals surface area contributed by atoms with Gasteiger partial charge >= 0.3 is 5.69 Å². The van der Waals surface area contributed by atoms with E-state index in [0.29, 0.717) is 5.56 Å². The summed E-state index contributed by atoms with van der Waals surface area (Å²) in [4.78, 5) is 28.9. The van der Waals surface area contributed by atoms with Crippen molar-refractivity contribution in [1.29, 1.82) is 0 Å². The molecule has 8 nitrogen and oxygen atoms in total. The van der Waals surface area contributed by atoms with Gasteiger partial charge in [0.05, 0.1) is 19.9 Å². The summed E-state index contributed by atoms with van der Waals surface area (Å²) in [6.07, 6.45) is 0.135. The van der Waals surface area contributed by atoms with Crippen LogP contribution in [0.4, 0.5) is 5.82 Å². The van der Waals surface area contributed by atoms with Gasteiger partial charge in [-0.3, -0.25) is 9.36 Å². The molecule has 0 unspecified atom stereocenters. The summed E-state index contributed by atoms with van der Waals surface area (Å²) in [7, 11) is -2.36. The Bertz CT molecular complexity index is 1000. The number of amides is 1. The summed E-state index contributed by atoms with van der Waals surface area (Å²) < 4.78 is 7.23. The van der Waals surface area contributed by atoms with Crippen molar-refractivity contribution in [2.45, 2.75) is 62.9 Å². The number of aliphatic hydroxyl groups is 2. The molecule has 1 amide bonds. The van der Waals surface area contributed by atoms with Gasteiger partial charge in [-0.15, -0.1) is 0 Å². The number of aromatic nitrogens is 2. The SMILES string of the molecule is CC(C)(C)[Si](C)(C)[C@]1(O)C[C@H](n2ccc(NC(=O)c3ccccc3)nc2=O)O[C@@H]1CO. The molecule has 0 saturated carbocycles. The van der Waals surface area contributed by atoms with E-state index >= 15 is 0 Å². The first-order chi connectivity index (χ1) is 14.4. The third-order valence-electron chi connectivity index (χ3n) is 6.88. The van der Waals surface area contributed by atoms with Gasteiger partial charge in [-0.25, -0.2) is 4.79 Å². The number of carbonyl (C=O) groups is 1. The Morgan fingerprint density at radius 3 is 2.48 bits per heavy atom. The number of nitrogens with one attached hydrogen (secondary N) is 1. The number of rotatable bonds is 5. The van der Waals surface area contributed by atoms with Crippen molar-refractivity contribution >= 4 is 19.8 Å². The molecule has 1 fully saturated rings. The Labute approximate surface area is 182 Å². The maximum absolute atomic E-state index is 12.7. The van der Waals surface area contributed by atoms with Gasteiger partial charge in [0, 0.05) is 18.2 Å². The summed E-state index contributed by atoms with van der Waals surface area (Å²) >= 11 is 0. The van der Waals surface area contributed by atoms with Gasteiger partial charge in [0.15, 0.2) is 0 Å². The Morgan fingerprint density at radius 1 is 1.29 bits per heavy atom. The molecule has 0 spiro atoms. The molecule has 2 aromatic rings. The van der Waals surface area contributed by atoms with Gasteiger partial charge in [0.25, 0.3) is 5.91 Å². The Kier molecular flexibility index (Phi) is 6.25. The first-order valence-electron chi connectivity index (χ1n) is 10.3. The molecule has 1 aromatic carbocycles. The molecule has 0 aliphatic carbocycles. The highest BCUT2D eigenvalue weighted by molar-refractivity contribution is 6.83. The number of carbonyl (C=O) groups excluding carboxylic acids is 1. The lowest BCUT2D eigenvalue weighted by Crippen LogP contribution is -2.64. The van der Waals surface area contributed by atoms with Crippen LogP contribution in [0.25, 0.3) is 0 Å².